The van der Waals surface area contributed by atoms with E-state index in [1.807, 2.05) is 0 Å². The molecule has 0 spiro atoms. The summed E-state index contributed by atoms with van der Waals surface area (Å²) in [5.41, 5.74) is 2.01. The first-order chi connectivity index (χ1) is 8.68. The lowest BCUT2D eigenvalue weighted by Gasteiger charge is -2.29. The van der Waals surface area contributed by atoms with E-state index in [1.54, 1.807) is 22.8 Å². The van der Waals surface area contributed by atoms with Crippen LogP contribution >= 0.6 is 36.2 Å². The van der Waals surface area contributed by atoms with Gasteiger partial charge in [-0.2, -0.15) is 0 Å². The van der Waals surface area contributed by atoms with E-state index in [-0.39, 0.29) is 43.2 Å². The van der Waals surface area contributed by atoms with Crippen LogP contribution in [0.2, 0.25) is 0 Å². The number of carbonyl (C=O) groups is 2. The van der Waals surface area contributed by atoms with Crippen LogP contribution in [-0.4, -0.2) is 66.4 Å². The molecule has 0 aliphatic carbocycles. The van der Waals surface area contributed by atoms with Crippen molar-refractivity contribution in [3.63, 3.8) is 0 Å². The van der Waals surface area contributed by atoms with Gasteiger partial charge in [0, 0.05) is 38.6 Å². The molecule has 20 heavy (non-hydrogen) atoms. The van der Waals surface area contributed by atoms with Crippen LogP contribution in [0, 0.1) is 0 Å². The number of hydrogen-bond donors (Lipinski definition) is 1. The summed E-state index contributed by atoms with van der Waals surface area (Å²) in [6.45, 7) is 3.15. The molecule has 1 aliphatic heterocycles. The van der Waals surface area contributed by atoms with E-state index in [2.05, 4.69) is 10.3 Å². The Morgan fingerprint density at radius 1 is 1.40 bits per heavy atom. The second-order valence-corrected chi connectivity index (χ2v) is 4.88. The minimum absolute atomic E-state index is 0. The minimum atomic E-state index is -0.209. The Kier molecular flexibility index (Phi) is 8.71. The highest BCUT2D eigenvalue weighted by atomic mass is 35.5. The van der Waals surface area contributed by atoms with Gasteiger partial charge in [-0.25, -0.2) is 4.98 Å². The fourth-order valence-electron chi connectivity index (χ4n) is 1.80. The molecule has 0 saturated carbocycles. The smallest absolute Gasteiger partial charge is 0.273 e. The quantitative estimate of drug-likeness (QED) is 0.869. The molecular weight excluding hydrogens is 323 g/mol. The highest BCUT2D eigenvalue weighted by Crippen LogP contribution is 2.05. The fourth-order valence-corrected chi connectivity index (χ4v) is 2.33. The molecule has 0 unspecified atom stereocenters. The fraction of sp³-hybridized carbons (Fsp3) is 0.545. The number of carbonyl (C=O) groups excluding carboxylic acids is 2. The van der Waals surface area contributed by atoms with E-state index in [0.717, 1.165) is 13.1 Å². The summed E-state index contributed by atoms with van der Waals surface area (Å²) >= 11 is 1.37. The van der Waals surface area contributed by atoms with Crippen LogP contribution in [0.3, 0.4) is 0 Å². The van der Waals surface area contributed by atoms with Gasteiger partial charge in [0.15, 0.2) is 0 Å². The number of nitrogens with one attached hydrogen (secondary N) is 1. The third kappa shape index (κ3) is 4.90. The molecule has 1 aromatic rings. The molecule has 1 aromatic heterocycles. The van der Waals surface area contributed by atoms with Crippen LogP contribution < -0.4 is 5.32 Å². The first-order valence-electron chi connectivity index (χ1n) is 5.80. The maximum atomic E-state index is 12.0. The Labute approximate surface area is 134 Å². The van der Waals surface area contributed by atoms with Gasteiger partial charge in [-0.15, -0.1) is 36.2 Å². The monoisotopic (exact) mass is 340 g/mol. The molecule has 1 fully saturated rings. The van der Waals surface area contributed by atoms with Crippen LogP contribution in [0.5, 0.6) is 0 Å². The standard InChI is InChI=1S/C11H16N4O2S.2ClH/c1-14(11(17)9-7-18-8-13-9)6-10(16)15-4-2-12-3-5-15;;/h7-8,12H,2-6H2,1H3;2*1H. The molecule has 0 bridgehead atoms. The Morgan fingerprint density at radius 2 is 2.05 bits per heavy atom. The number of thiazole rings is 1. The van der Waals surface area contributed by atoms with Gasteiger partial charge < -0.3 is 15.1 Å². The number of nitrogens with zero attached hydrogens (tertiary/aromatic N) is 3. The maximum Gasteiger partial charge on any atom is 0.273 e. The molecule has 1 saturated heterocycles. The Bertz CT molecular complexity index is 424. The Morgan fingerprint density at radius 3 is 2.60 bits per heavy atom. The number of rotatable bonds is 3. The molecule has 0 aromatic carbocycles. The predicted molar refractivity (Wildman–Crippen MR) is 83.0 cm³/mol. The Balaban J connectivity index is 0.00000180. The minimum Gasteiger partial charge on any atom is -0.339 e. The van der Waals surface area contributed by atoms with Gasteiger partial charge in [0.25, 0.3) is 5.91 Å². The molecule has 1 aliphatic rings. The van der Waals surface area contributed by atoms with Crippen LogP contribution in [0.4, 0.5) is 0 Å². The number of piperazine rings is 1. The zero-order valence-corrected chi connectivity index (χ0v) is 13.5. The lowest BCUT2D eigenvalue weighted by molar-refractivity contribution is -0.132. The molecule has 2 rings (SSSR count). The second kappa shape index (κ2) is 9.12. The molecule has 1 N–H and O–H groups in total. The summed E-state index contributed by atoms with van der Waals surface area (Å²) in [7, 11) is 1.63. The Hall–Kier alpha value is -0.890. The van der Waals surface area contributed by atoms with Crippen molar-refractivity contribution in [1.29, 1.82) is 0 Å². The van der Waals surface area contributed by atoms with Crippen LogP contribution in [0.1, 0.15) is 10.5 Å². The van der Waals surface area contributed by atoms with E-state index >= 15 is 0 Å². The number of aromatic nitrogens is 1. The van der Waals surface area contributed by atoms with Crippen LogP contribution in [0.25, 0.3) is 0 Å². The highest BCUT2D eigenvalue weighted by molar-refractivity contribution is 7.07. The van der Waals surface area contributed by atoms with Crippen molar-refractivity contribution in [3.05, 3.63) is 16.6 Å². The van der Waals surface area contributed by atoms with Crippen molar-refractivity contribution >= 4 is 48.0 Å². The topological polar surface area (TPSA) is 65.5 Å². The maximum absolute atomic E-state index is 12.0. The van der Waals surface area contributed by atoms with E-state index in [4.69, 9.17) is 0 Å². The lowest BCUT2D eigenvalue weighted by Crippen LogP contribution is -2.49. The van der Waals surface area contributed by atoms with E-state index in [0.29, 0.717) is 18.8 Å². The summed E-state index contributed by atoms with van der Waals surface area (Å²) < 4.78 is 0. The normalized spacial score (nSPS) is 13.9. The third-order valence-corrected chi connectivity index (χ3v) is 3.43. The average Bonchev–Trinajstić information content (AvgIpc) is 2.92. The van der Waals surface area contributed by atoms with Gasteiger partial charge >= 0.3 is 0 Å². The zero-order valence-electron chi connectivity index (χ0n) is 11.1. The SMILES string of the molecule is CN(CC(=O)N1CCNCC1)C(=O)c1cscn1.Cl.Cl. The van der Waals surface area contributed by atoms with Gasteiger partial charge in [0.2, 0.25) is 5.91 Å². The van der Waals surface area contributed by atoms with Crippen LogP contribution in [0.15, 0.2) is 10.9 Å². The van der Waals surface area contributed by atoms with Gasteiger partial charge in [0.05, 0.1) is 12.1 Å². The van der Waals surface area contributed by atoms with Gasteiger partial charge in [-0.05, 0) is 0 Å². The molecule has 0 atom stereocenters. The number of amides is 2. The van der Waals surface area contributed by atoms with E-state index in [1.165, 1.54) is 16.2 Å². The van der Waals surface area contributed by atoms with Crippen molar-refractivity contribution in [2.75, 3.05) is 39.8 Å². The van der Waals surface area contributed by atoms with Crippen molar-refractivity contribution < 1.29 is 9.59 Å². The first kappa shape index (κ1) is 19.1. The predicted octanol–water partition coefficient (Wildman–Crippen LogP) is 0.491. The first-order valence-corrected chi connectivity index (χ1v) is 6.75. The molecule has 2 amide bonds. The molecule has 9 heteroatoms. The summed E-state index contributed by atoms with van der Waals surface area (Å²) in [5.74, 6) is -0.220. The highest BCUT2D eigenvalue weighted by Gasteiger charge is 2.21. The van der Waals surface area contributed by atoms with Crippen molar-refractivity contribution in [1.82, 2.24) is 20.1 Å². The number of likely N-dealkylation sites (N-methyl/N-ethyl adjacent to an activating group) is 1. The largest absolute Gasteiger partial charge is 0.339 e. The van der Waals surface area contributed by atoms with Gasteiger partial charge in [-0.1, -0.05) is 0 Å². The third-order valence-electron chi connectivity index (χ3n) is 2.84. The van der Waals surface area contributed by atoms with Crippen molar-refractivity contribution in [2.24, 2.45) is 0 Å². The average molecular weight is 341 g/mol. The summed E-state index contributed by atoms with van der Waals surface area (Å²) in [6, 6.07) is 0. The summed E-state index contributed by atoms with van der Waals surface area (Å²) in [6.07, 6.45) is 0. The van der Waals surface area contributed by atoms with Crippen molar-refractivity contribution in [3.8, 4) is 0 Å². The summed E-state index contributed by atoms with van der Waals surface area (Å²) in [5, 5.41) is 4.87. The number of halogens is 2. The number of hydrogen-bond acceptors (Lipinski definition) is 5. The van der Waals surface area contributed by atoms with E-state index < -0.39 is 0 Å². The molecule has 114 valence electrons. The molecular formula is C11H18Cl2N4O2S. The van der Waals surface area contributed by atoms with Crippen LogP contribution in [-0.2, 0) is 4.79 Å². The lowest BCUT2D eigenvalue weighted by atomic mass is 10.3. The van der Waals surface area contributed by atoms with E-state index in [9.17, 15) is 9.59 Å². The van der Waals surface area contributed by atoms with Crippen molar-refractivity contribution in [2.45, 2.75) is 0 Å². The van der Waals surface area contributed by atoms with Gasteiger partial charge in [-0.3, -0.25) is 9.59 Å². The zero-order chi connectivity index (χ0) is 13.0. The summed E-state index contributed by atoms with van der Waals surface area (Å²) in [4.78, 5) is 31.0. The molecule has 6 nitrogen and oxygen atoms in total. The molecule has 0 radical (unpaired) electrons. The second-order valence-electron chi connectivity index (χ2n) is 4.17. The molecule has 2 heterocycles. The van der Waals surface area contributed by atoms with Gasteiger partial charge in [0.1, 0.15) is 5.69 Å².